The second-order valence-corrected chi connectivity index (χ2v) is 7.75. The second kappa shape index (κ2) is 7.54. The highest BCUT2D eigenvalue weighted by molar-refractivity contribution is 7.88. The molecule has 21 heavy (non-hydrogen) atoms. The topological polar surface area (TPSA) is 62.3 Å². The van der Waals surface area contributed by atoms with E-state index in [1.807, 2.05) is 12.1 Å². The number of aromatic nitrogens is 1. The molecule has 2 heterocycles. The van der Waals surface area contributed by atoms with Crippen LogP contribution in [0.3, 0.4) is 0 Å². The molecule has 0 saturated carbocycles. The summed E-state index contributed by atoms with van der Waals surface area (Å²) in [6.07, 6.45) is 5.50. The van der Waals surface area contributed by atoms with Crippen molar-refractivity contribution < 1.29 is 8.42 Å². The van der Waals surface area contributed by atoms with Gasteiger partial charge in [0.2, 0.25) is 10.0 Å². The van der Waals surface area contributed by atoms with Crippen LogP contribution < -0.4 is 4.72 Å². The summed E-state index contributed by atoms with van der Waals surface area (Å²) in [4.78, 5) is 6.71. The standard InChI is InChI=1S/C14H22ClN3O2S/c1-21(19,20)16-9-8-13-6-2-3-10-18(13)11-12-5-4-7-14(15)17-12/h4-5,7,13,16H,2-3,6,8-11H2,1H3/t13-/m1/s1. The first-order valence-electron chi connectivity index (χ1n) is 7.24. The lowest BCUT2D eigenvalue weighted by Crippen LogP contribution is -2.41. The Hall–Kier alpha value is -0.690. The molecule has 1 aromatic heterocycles. The number of hydrogen-bond acceptors (Lipinski definition) is 4. The molecule has 0 bridgehead atoms. The van der Waals surface area contributed by atoms with E-state index >= 15 is 0 Å². The fraction of sp³-hybridized carbons (Fsp3) is 0.643. The van der Waals surface area contributed by atoms with E-state index in [9.17, 15) is 8.42 Å². The van der Waals surface area contributed by atoms with Crippen molar-refractivity contribution in [3.05, 3.63) is 29.0 Å². The minimum Gasteiger partial charge on any atom is -0.295 e. The molecule has 1 saturated heterocycles. The number of halogens is 1. The Bertz CT molecular complexity index is 565. The summed E-state index contributed by atoms with van der Waals surface area (Å²) in [6, 6.07) is 6.06. The predicted octanol–water partition coefficient (Wildman–Crippen LogP) is 2.03. The van der Waals surface area contributed by atoms with Crippen molar-refractivity contribution in [1.82, 2.24) is 14.6 Å². The van der Waals surface area contributed by atoms with E-state index in [1.54, 1.807) is 6.07 Å². The minimum atomic E-state index is -3.11. The number of piperidine rings is 1. The Kier molecular flexibility index (Phi) is 5.98. The Morgan fingerprint density at radius 3 is 2.95 bits per heavy atom. The summed E-state index contributed by atoms with van der Waals surface area (Å²) < 4.78 is 24.8. The molecule has 1 aliphatic heterocycles. The van der Waals surface area contributed by atoms with Crippen molar-refractivity contribution in [1.29, 1.82) is 0 Å². The second-order valence-electron chi connectivity index (χ2n) is 5.53. The quantitative estimate of drug-likeness (QED) is 0.810. The van der Waals surface area contributed by atoms with E-state index in [0.717, 1.165) is 31.6 Å². The molecule has 2 rings (SSSR count). The zero-order valence-corrected chi connectivity index (χ0v) is 13.8. The van der Waals surface area contributed by atoms with E-state index < -0.39 is 10.0 Å². The van der Waals surface area contributed by atoms with Crippen molar-refractivity contribution in [2.45, 2.75) is 38.3 Å². The number of likely N-dealkylation sites (tertiary alicyclic amines) is 1. The van der Waals surface area contributed by atoms with Gasteiger partial charge in [0.1, 0.15) is 5.15 Å². The maximum Gasteiger partial charge on any atom is 0.208 e. The Morgan fingerprint density at radius 1 is 1.43 bits per heavy atom. The van der Waals surface area contributed by atoms with Crippen molar-refractivity contribution in [2.75, 3.05) is 19.3 Å². The lowest BCUT2D eigenvalue weighted by molar-refractivity contribution is 0.131. The first kappa shape index (κ1) is 16.7. The van der Waals surface area contributed by atoms with Gasteiger partial charge in [-0.2, -0.15) is 0 Å². The van der Waals surface area contributed by atoms with Gasteiger partial charge < -0.3 is 0 Å². The molecule has 118 valence electrons. The molecular formula is C14H22ClN3O2S. The largest absolute Gasteiger partial charge is 0.295 e. The van der Waals surface area contributed by atoms with Gasteiger partial charge in [-0.3, -0.25) is 4.90 Å². The molecule has 0 radical (unpaired) electrons. The summed E-state index contributed by atoms with van der Waals surface area (Å²) in [5.41, 5.74) is 0.963. The van der Waals surface area contributed by atoms with Gasteiger partial charge in [0, 0.05) is 19.1 Å². The first-order chi connectivity index (χ1) is 9.94. The molecule has 0 spiro atoms. The molecular weight excluding hydrogens is 310 g/mol. The lowest BCUT2D eigenvalue weighted by Gasteiger charge is -2.35. The average Bonchev–Trinajstić information content (AvgIpc) is 2.39. The van der Waals surface area contributed by atoms with E-state index in [4.69, 9.17) is 11.6 Å². The summed E-state index contributed by atoms with van der Waals surface area (Å²) in [5, 5.41) is 0.514. The molecule has 0 aromatic carbocycles. The molecule has 7 heteroatoms. The summed E-state index contributed by atoms with van der Waals surface area (Å²) in [7, 11) is -3.11. The van der Waals surface area contributed by atoms with E-state index in [0.29, 0.717) is 17.7 Å². The Balaban J connectivity index is 1.92. The summed E-state index contributed by atoms with van der Waals surface area (Å²) >= 11 is 5.93. The first-order valence-corrected chi connectivity index (χ1v) is 9.51. The maximum atomic E-state index is 11.1. The van der Waals surface area contributed by atoms with Gasteiger partial charge in [-0.15, -0.1) is 0 Å². The maximum absolute atomic E-state index is 11.1. The van der Waals surface area contributed by atoms with Gasteiger partial charge in [-0.25, -0.2) is 18.1 Å². The summed E-state index contributed by atoms with van der Waals surface area (Å²) in [6.45, 7) is 2.28. The summed E-state index contributed by atoms with van der Waals surface area (Å²) in [5.74, 6) is 0. The fourth-order valence-corrected chi connectivity index (χ4v) is 3.42. The number of hydrogen-bond donors (Lipinski definition) is 1. The normalized spacial score (nSPS) is 20.6. The van der Waals surface area contributed by atoms with Crippen LogP contribution in [0.15, 0.2) is 18.2 Å². The van der Waals surface area contributed by atoms with Crippen LogP contribution in [0.1, 0.15) is 31.4 Å². The van der Waals surface area contributed by atoms with Gasteiger partial charge in [0.25, 0.3) is 0 Å². The van der Waals surface area contributed by atoms with Gasteiger partial charge >= 0.3 is 0 Å². The highest BCUT2D eigenvalue weighted by Gasteiger charge is 2.22. The van der Waals surface area contributed by atoms with E-state index in [2.05, 4.69) is 14.6 Å². The van der Waals surface area contributed by atoms with E-state index in [1.165, 1.54) is 19.1 Å². The molecule has 1 N–H and O–H groups in total. The smallest absolute Gasteiger partial charge is 0.208 e. The molecule has 0 aliphatic carbocycles. The number of nitrogens with zero attached hydrogens (tertiary/aromatic N) is 2. The molecule has 0 unspecified atom stereocenters. The van der Waals surface area contributed by atoms with Crippen LogP contribution in [0.25, 0.3) is 0 Å². The third kappa shape index (κ3) is 5.90. The van der Waals surface area contributed by atoms with Crippen molar-refractivity contribution in [3.8, 4) is 0 Å². The number of sulfonamides is 1. The van der Waals surface area contributed by atoms with Crippen LogP contribution in [0.2, 0.25) is 5.15 Å². The molecule has 1 atom stereocenters. The minimum absolute atomic E-state index is 0.397. The van der Waals surface area contributed by atoms with Crippen molar-refractivity contribution >= 4 is 21.6 Å². The van der Waals surface area contributed by atoms with Crippen LogP contribution in [0.4, 0.5) is 0 Å². The van der Waals surface area contributed by atoms with Crippen LogP contribution in [-0.4, -0.2) is 43.7 Å². The zero-order chi connectivity index (χ0) is 15.3. The van der Waals surface area contributed by atoms with Crippen LogP contribution >= 0.6 is 11.6 Å². The Labute approximate surface area is 131 Å². The lowest BCUT2D eigenvalue weighted by atomic mass is 9.99. The average molecular weight is 332 g/mol. The molecule has 5 nitrogen and oxygen atoms in total. The molecule has 1 aromatic rings. The molecule has 0 amide bonds. The highest BCUT2D eigenvalue weighted by Crippen LogP contribution is 2.21. The van der Waals surface area contributed by atoms with E-state index in [-0.39, 0.29) is 0 Å². The monoisotopic (exact) mass is 331 g/mol. The van der Waals surface area contributed by atoms with Gasteiger partial charge in [0.05, 0.1) is 11.9 Å². The van der Waals surface area contributed by atoms with Crippen molar-refractivity contribution in [3.63, 3.8) is 0 Å². The fourth-order valence-electron chi connectivity index (χ4n) is 2.75. The van der Waals surface area contributed by atoms with Crippen LogP contribution in [0, 0.1) is 0 Å². The molecule has 1 fully saturated rings. The third-order valence-corrected chi connectivity index (χ3v) is 4.67. The zero-order valence-electron chi connectivity index (χ0n) is 12.3. The third-order valence-electron chi connectivity index (χ3n) is 3.73. The number of nitrogens with one attached hydrogen (secondary N) is 1. The van der Waals surface area contributed by atoms with Crippen LogP contribution in [-0.2, 0) is 16.6 Å². The SMILES string of the molecule is CS(=O)(=O)NCC[C@H]1CCCCN1Cc1cccc(Cl)n1. The Morgan fingerprint density at radius 2 is 2.24 bits per heavy atom. The molecule has 1 aliphatic rings. The van der Waals surface area contributed by atoms with Gasteiger partial charge in [-0.05, 0) is 37.9 Å². The van der Waals surface area contributed by atoms with Crippen LogP contribution in [0.5, 0.6) is 0 Å². The number of pyridine rings is 1. The predicted molar refractivity (Wildman–Crippen MR) is 84.8 cm³/mol. The van der Waals surface area contributed by atoms with Gasteiger partial charge in [0.15, 0.2) is 0 Å². The number of rotatable bonds is 6. The van der Waals surface area contributed by atoms with Crippen molar-refractivity contribution in [2.24, 2.45) is 0 Å². The highest BCUT2D eigenvalue weighted by atomic mass is 35.5. The van der Waals surface area contributed by atoms with Gasteiger partial charge in [-0.1, -0.05) is 24.1 Å².